The van der Waals surface area contributed by atoms with Crippen LogP contribution in [0.1, 0.15) is 54.5 Å². The maximum atomic E-state index is 12.7. The quantitative estimate of drug-likeness (QED) is 0.408. The van der Waals surface area contributed by atoms with E-state index in [1.54, 1.807) is 0 Å². The maximum Gasteiger partial charge on any atom is 0.220 e. The summed E-state index contributed by atoms with van der Waals surface area (Å²) in [6.45, 7) is 0.866. The maximum absolute atomic E-state index is 12.7. The number of hydrogen-bond donors (Lipinski definition) is 3. The number of amides is 1. The molecule has 3 aromatic carbocycles. The van der Waals surface area contributed by atoms with Crippen LogP contribution in [-0.2, 0) is 16.0 Å². The number of fused-ring (bicyclic) bond motifs is 5. The first kappa shape index (κ1) is 26.2. The van der Waals surface area contributed by atoms with Crippen LogP contribution in [0.25, 0.3) is 0 Å². The van der Waals surface area contributed by atoms with Crippen LogP contribution in [-0.4, -0.2) is 36.3 Å². The number of hydrogen-bond acceptors (Lipinski definition) is 5. The molecule has 6 heteroatoms. The first-order chi connectivity index (χ1) is 18.7. The van der Waals surface area contributed by atoms with Crippen molar-refractivity contribution in [1.29, 1.82) is 0 Å². The van der Waals surface area contributed by atoms with E-state index in [4.69, 9.17) is 9.47 Å². The first-order valence-electron chi connectivity index (χ1n) is 13.5. The minimum atomic E-state index is -0.751. The van der Waals surface area contributed by atoms with Crippen LogP contribution in [0, 0.1) is 0 Å². The molecule has 4 atom stereocenters. The van der Waals surface area contributed by atoms with Crippen LogP contribution in [0.2, 0.25) is 0 Å². The van der Waals surface area contributed by atoms with Crippen LogP contribution < -0.4 is 15.4 Å². The van der Waals surface area contributed by atoms with Gasteiger partial charge in [0, 0.05) is 19.0 Å². The van der Waals surface area contributed by atoms with Gasteiger partial charge in [-0.1, -0.05) is 66.7 Å². The van der Waals surface area contributed by atoms with Crippen molar-refractivity contribution in [3.05, 3.63) is 108 Å². The number of para-hydroxylation sites is 1. The van der Waals surface area contributed by atoms with Gasteiger partial charge in [0.05, 0.1) is 24.9 Å². The van der Waals surface area contributed by atoms with Crippen LogP contribution in [0.3, 0.4) is 0 Å². The van der Waals surface area contributed by atoms with Crippen LogP contribution in [0.15, 0.2) is 91.0 Å². The molecule has 3 aromatic rings. The number of ether oxygens (including phenoxy) is 2. The zero-order valence-corrected chi connectivity index (χ0v) is 21.6. The summed E-state index contributed by atoms with van der Waals surface area (Å²) in [5, 5.41) is 17.9. The second kappa shape index (κ2) is 12.9. The third-order valence-electron chi connectivity index (χ3n) is 7.23. The summed E-state index contributed by atoms with van der Waals surface area (Å²) in [6.07, 6.45) is 6.66. The van der Waals surface area contributed by atoms with Gasteiger partial charge in [0.15, 0.2) is 0 Å². The summed E-state index contributed by atoms with van der Waals surface area (Å²) in [6, 6.07) is 25.5. The van der Waals surface area contributed by atoms with Crippen molar-refractivity contribution in [3.63, 3.8) is 0 Å². The largest absolute Gasteiger partial charge is 0.457 e. The molecule has 1 heterocycles. The third-order valence-corrected chi connectivity index (χ3v) is 7.23. The lowest BCUT2D eigenvalue weighted by atomic mass is 10.00. The van der Waals surface area contributed by atoms with E-state index in [-0.39, 0.29) is 24.1 Å². The molecule has 0 fully saturated rings. The summed E-state index contributed by atoms with van der Waals surface area (Å²) in [5.74, 6) is 1.52. The molecule has 3 N–H and O–H groups in total. The SMILES string of the molecule is O=C1CCC/C=C\COC2CC(NC[C@@H](O)[C@H](Cc3ccccc3)N1)c1cc(Oc3ccccc3)ccc12. The Morgan fingerprint density at radius 3 is 2.53 bits per heavy atom. The molecular weight excluding hydrogens is 476 g/mol. The number of rotatable bonds is 4. The van der Waals surface area contributed by atoms with E-state index in [1.807, 2.05) is 72.8 Å². The van der Waals surface area contributed by atoms with Crippen LogP contribution in [0.4, 0.5) is 0 Å². The molecule has 1 amide bonds. The van der Waals surface area contributed by atoms with E-state index >= 15 is 0 Å². The standard InChI is InChI=1S/C32H36N2O4/c35-30-22-33-28-21-31(26-17-16-25(20-27(26)28)38-24-13-7-4-8-14-24)37-18-10-2-1-9-15-32(36)34-29(30)19-23-11-5-3-6-12-23/h2-8,10-14,16-17,20,28-31,33,35H,1,9,15,18-19,21-22H2,(H,34,36)/b10-2-/t28?,29-,30+,31?/m0/s1. The predicted molar refractivity (Wildman–Crippen MR) is 148 cm³/mol. The molecule has 38 heavy (non-hydrogen) atoms. The van der Waals surface area contributed by atoms with Gasteiger partial charge in [-0.3, -0.25) is 4.79 Å². The summed E-state index contributed by atoms with van der Waals surface area (Å²) >= 11 is 0. The molecular formula is C32H36N2O4. The van der Waals surface area contributed by atoms with Gasteiger partial charge in [0.1, 0.15) is 11.5 Å². The smallest absolute Gasteiger partial charge is 0.220 e. The Morgan fingerprint density at radius 2 is 1.71 bits per heavy atom. The Labute approximate surface area is 224 Å². The number of benzene rings is 3. The lowest BCUT2D eigenvalue weighted by Gasteiger charge is -2.26. The Kier molecular flexibility index (Phi) is 8.86. The van der Waals surface area contributed by atoms with Crippen molar-refractivity contribution in [2.45, 2.75) is 56.4 Å². The molecule has 198 valence electrons. The number of carbonyl (C=O) groups is 1. The lowest BCUT2D eigenvalue weighted by molar-refractivity contribution is -0.122. The van der Waals surface area contributed by atoms with Crippen molar-refractivity contribution in [1.82, 2.24) is 10.6 Å². The van der Waals surface area contributed by atoms with Gasteiger partial charge in [-0.25, -0.2) is 0 Å². The molecule has 1 aliphatic heterocycles. The summed E-state index contributed by atoms with van der Waals surface area (Å²) < 4.78 is 12.4. The zero-order chi connectivity index (χ0) is 26.2. The van der Waals surface area contributed by atoms with Gasteiger partial charge in [0.25, 0.3) is 0 Å². The van der Waals surface area contributed by atoms with Crippen LogP contribution in [0.5, 0.6) is 11.5 Å². The predicted octanol–water partition coefficient (Wildman–Crippen LogP) is 5.40. The fourth-order valence-corrected chi connectivity index (χ4v) is 5.23. The molecule has 0 spiro atoms. The average Bonchev–Trinajstić information content (AvgIpc) is 3.28. The van der Waals surface area contributed by atoms with Crippen molar-refractivity contribution in [2.24, 2.45) is 0 Å². The number of allylic oxidation sites excluding steroid dienone is 1. The molecule has 0 radical (unpaired) electrons. The number of β-amino-alcohol motifs (C(OH)–C–C–N with tert-alkyl or cyclic N) is 1. The van der Waals surface area contributed by atoms with E-state index < -0.39 is 6.10 Å². The molecule has 2 aliphatic rings. The molecule has 2 bridgehead atoms. The number of carbonyl (C=O) groups excluding carboxylic acids is 1. The van der Waals surface area contributed by atoms with Gasteiger partial charge in [-0.2, -0.15) is 0 Å². The molecule has 6 nitrogen and oxygen atoms in total. The highest BCUT2D eigenvalue weighted by Gasteiger charge is 2.33. The highest BCUT2D eigenvalue weighted by molar-refractivity contribution is 5.76. The van der Waals surface area contributed by atoms with Gasteiger partial charge < -0.3 is 25.2 Å². The highest BCUT2D eigenvalue weighted by atomic mass is 16.5. The zero-order valence-electron chi connectivity index (χ0n) is 21.6. The molecule has 1 aliphatic carbocycles. The molecule has 0 saturated heterocycles. The number of nitrogens with one attached hydrogen (secondary N) is 2. The highest BCUT2D eigenvalue weighted by Crippen LogP contribution is 2.43. The fraction of sp³-hybridized carbons (Fsp3) is 0.344. The third kappa shape index (κ3) is 6.90. The van der Waals surface area contributed by atoms with Crippen molar-refractivity contribution in [3.8, 4) is 11.5 Å². The van der Waals surface area contributed by atoms with Gasteiger partial charge in [-0.05, 0) is 66.6 Å². The minimum Gasteiger partial charge on any atom is -0.457 e. The lowest BCUT2D eigenvalue weighted by Crippen LogP contribution is -2.49. The van der Waals surface area contributed by atoms with Crippen LogP contribution >= 0.6 is 0 Å². The van der Waals surface area contributed by atoms with Crippen molar-refractivity contribution in [2.75, 3.05) is 13.2 Å². The topological polar surface area (TPSA) is 79.8 Å². The van der Waals surface area contributed by atoms with Crippen molar-refractivity contribution < 1.29 is 19.4 Å². The fourth-order valence-electron chi connectivity index (χ4n) is 5.23. The van der Waals surface area contributed by atoms with E-state index in [2.05, 4.69) is 28.8 Å². The normalized spacial score (nSPS) is 25.2. The van der Waals surface area contributed by atoms with E-state index in [9.17, 15) is 9.90 Å². The Morgan fingerprint density at radius 1 is 0.921 bits per heavy atom. The van der Waals surface area contributed by atoms with Gasteiger partial charge in [0.2, 0.25) is 5.91 Å². The summed E-state index contributed by atoms with van der Waals surface area (Å²) in [7, 11) is 0. The number of aliphatic hydroxyl groups is 1. The van der Waals surface area contributed by atoms with Gasteiger partial charge in [-0.15, -0.1) is 0 Å². The Bertz CT molecular complexity index is 1210. The summed E-state index contributed by atoms with van der Waals surface area (Å²) in [4.78, 5) is 12.7. The first-order valence-corrected chi connectivity index (χ1v) is 13.5. The van der Waals surface area contributed by atoms with Gasteiger partial charge >= 0.3 is 0 Å². The number of aliphatic hydroxyl groups excluding tert-OH is 1. The molecule has 2 unspecified atom stereocenters. The average molecular weight is 513 g/mol. The molecule has 0 saturated carbocycles. The second-order valence-corrected chi connectivity index (χ2v) is 10.0. The Hall–Kier alpha value is -3.45. The molecule has 5 rings (SSSR count). The monoisotopic (exact) mass is 512 g/mol. The summed E-state index contributed by atoms with van der Waals surface area (Å²) in [5.41, 5.74) is 3.34. The Balaban J connectivity index is 1.36. The molecule has 0 aromatic heterocycles. The van der Waals surface area contributed by atoms with E-state index in [0.29, 0.717) is 26.0 Å². The van der Waals surface area contributed by atoms with E-state index in [0.717, 1.165) is 47.5 Å². The van der Waals surface area contributed by atoms with E-state index in [1.165, 1.54) is 0 Å². The second-order valence-electron chi connectivity index (χ2n) is 10.0. The van der Waals surface area contributed by atoms with Crippen molar-refractivity contribution >= 4 is 5.91 Å². The minimum absolute atomic E-state index is 0.00562.